The molecule has 8 aromatic carbocycles. The molecule has 4 heteroatoms. The molecule has 10 rings (SSSR count). The monoisotopic (exact) mass is 615 g/mol. The molecule has 10 aromatic rings. The van der Waals surface area contributed by atoms with E-state index in [2.05, 4.69) is 121 Å². The van der Waals surface area contributed by atoms with Gasteiger partial charge in [0.25, 0.3) is 0 Å². The van der Waals surface area contributed by atoms with Crippen molar-refractivity contribution < 1.29 is 4.42 Å². The predicted octanol–water partition coefficient (Wildman–Crippen LogP) is 12.0. The Balaban J connectivity index is 0.00000314. The Morgan fingerprint density at radius 2 is 0.750 bits per heavy atom. The highest BCUT2D eigenvalue weighted by atomic mass is 16.3. The van der Waals surface area contributed by atoms with Gasteiger partial charge in [-0.25, -0.2) is 15.0 Å². The molecule has 0 saturated carbocycles. The van der Waals surface area contributed by atoms with Crippen LogP contribution >= 0.6 is 0 Å². The van der Waals surface area contributed by atoms with Gasteiger partial charge in [0.1, 0.15) is 11.2 Å². The molecule has 0 atom stereocenters. The van der Waals surface area contributed by atoms with Gasteiger partial charge < -0.3 is 4.42 Å². The summed E-state index contributed by atoms with van der Waals surface area (Å²) in [5.74, 6) is 1.87. The van der Waals surface area contributed by atoms with Crippen LogP contribution in [-0.2, 0) is 0 Å². The summed E-state index contributed by atoms with van der Waals surface area (Å²) < 4.78 is 6.28. The first-order chi connectivity index (χ1) is 23.3. The molecule has 4 nitrogen and oxygen atoms in total. The third-order valence-corrected chi connectivity index (χ3v) is 9.30. The fourth-order valence-electron chi connectivity index (χ4n) is 7.18. The van der Waals surface area contributed by atoms with Gasteiger partial charge in [0, 0.05) is 27.5 Å². The summed E-state index contributed by atoms with van der Waals surface area (Å²) in [5.41, 5.74) is 4.50. The van der Waals surface area contributed by atoms with Crippen molar-refractivity contribution in [1.82, 2.24) is 15.0 Å². The van der Waals surface area contributed by atoms with Gasteiger partial charge in [0.05, 0.1) is 0 Å². The van der Waals surface area contributed by atoms with Gasteiger partial charge in [-0.1, -0.05) is 135 Å². The van der Waals surface area contributed by atoms with Crippen molar-refractivity contribution in [2.75, 3.05) is 0 Å². The molecule has 2 aromatic heterocycles. The summed E-state index contributed by atoms with van der Waals surface area (Å²) in [4.78, 5) is 15.8. The van der Waals surface area contributed by atoms with E-state index in [1.165, 1.54) is 21.5 Å². The van der Waals surface area contributed by atoms with Gasteiger partial charge >= 0.3 is 0 Å². The van der Waals surface area contributed by atoms with E-state index in [0.29, 0.717) is 17.5 Å². The largest absolute Gasteiger partial charge is 0.456 e. The maximum Gasteiger partial charge on any atom is 0.164 e. The van der Waals surface area contributed by atoms with Crippen LogP contribution in [0.3, 0.4) is 0 Å². The Bertz CT molecular complexity index is 2730. The fraction of sp³-hybridized carbons (Fsp3) is 0.0227. The van der Waals surface area contributed by atoms with E-state index in [1.54, 1.807) is 0 Å². The van der Waals surface area contributed by atoms with Crippen LogP contribution in [0.1, 0.15) is 7.43 Å². The highest BCUT2D eigenvalue weighted by Crippen LogP contribution is 2.40. The van der Waals surface area contributed by atoms with Gasteiger partial charge in [0.15, 0.2) is 17.5 Å². The fourth-order valence-corrected chi connectivity index (χ4v) is 7.18. The quantitative estimate of drug-likeness (QED) is 0.186. The number of nitrogens with zero attached hydrogens (tertiary/aromatic N) is 3. The molecule has 48 heavy (non-hydrogen) atoms. The van der Waals surface area contributed by atoms with Crippen molar-refractivity contribution in [3.05, 3.63) is 152 Å². The van der Waals surface area contributed by atoms with Gasteiger partial charge in [-0.05, 0) is 67.4 Å². The molecule has 0 N–H and O–H groups in total. The number of aromatic nitrogens is 3. The van der Waals surface area contributed by atoms with Gasteiger partial charge in [-0.15, -0.1) is 0 Å². The van der Waals surface area contributed by atoms with Crippen molar-refractivity contribution >= 4 is 65.0 Å². The second-order valence-corrected chi connectivity index (χ2v) is 12.0. The van der Waals surface area contributed by atoms with Crippen LogP contribution in [0.15, 0.2) is 156 Å². The van der Waals surface area contributed by atoms with E-state index in [1.807, 2.05) is 30.3 Å². The lowest BCUT2D eigenvalue weighted by molar-refractivity contribution is 0.669. The van der Waals surface area contributed by atoms with Gasteiger partial charge in [-0.3, -0.25) is 0 Å². The first kappa shape index (κ1) is 27.9. The molecule has 0 aliphatic carbocycles. The summed E-state index contributed by atoms with van der Waals surface area (Å²) in [6.07, 6.45) is 0. The predicted molar refractivity (Wildman–Crippen MR) is 200 cm³/mol. The number of hydrogen-bond donors (Lipinski definition) is 0. The maximum atomic E-state index is 6.28. The molecule has 0 fully saturated rings. The molecule has 0 aliphatic heterocycles. The Morgan fingerprint density at radius 1 is 0.333 bits per heavy atom. The summed E-state index contributed by atoms with van der Waals surface area (Å²) >= 11 is 0. The molecule has 0 unspecified atom stereocenters. The topological polar surface area (TPSA) is 51.8 Å². The third-order valence-electron chi connectivity index (χ3n) is 9.30. The van der Waals surface area contributed by atoms with E-state index in [9.17, 15) is 0 Å². The molecule has 0 saturated heterocycles. The second-order valence-electron chi connectivity index (χ2n) is 12.0. The smallest absolute Gasteiger partial charge is 0.164 e. The lowest BCUT2D eigenvalue weighted by Crippen LogP contribution is -2.01. The Labute approximate surface area is 277 Å². The summed E-state index contributed by atoms with van der Waals surface area (Å²) in [6.45, 7) is 0. The zero-order valence-corrected chi connectivity index (χ0v) is 25.2. The first-order valence-corrected chi connectivity index (χ1v) is 15.8. The average molecular weight is 616 g/mol. The maximum absolute atomic E-state index is 6.28. The zero-order chi connectivity index (χ0) is 30.9. The van der Waals surface area contributed by atoms with Crippen LogP contribution in [0.4, 0.5) is 0 Å². The highest BCUT2D eigenvalue weighted by Gasteiger charge is 2.20. The van der Waals surface area contributed by atoms with Crippen molar-refractivity contribution in [1.29, 1.82) is 0 Å². The van der Waals surface area contributed by atoms with Crippen molar-refractivity contribution in [2.24, 2.45) is 0 Å². The third kappa shape index (κ3) is 4.20. The number of benzene rings is 8. The first-order valence-electron chi connectivity index (χ1n) is 15.8. The van der Waals surface area contributed by atoms with Crippen molar-refractivity contribution in [2.45, 2.75) is 7.43 Å². The Hall–Kier alpha value is -6.39. The molecule has 226 valence electrons. The Morgan fingerprint density at radius 3 is 1.31 bits per heavy atom. The molecular formula is C44H29N3O. The SMILES string of the molecule is C.c1ccc2c(c1)cc(-c1nc(-c3cc4ccccc4c4ccccc34)nc(-c3cccc4oc5ccccc5c34)n1)c1ccccc12. The number of hydrogen-bond acceptors (Lipinski definition) is 4. The van der Waals surface area contributed by atoms with Crippen LogP contribution in [0.5, 0.6) is 0 Å². The highest BCUT2D eigenvalue weighted by molar-refractivity contribution is 6.15. The van der Waals surface area contributed by atoms with E-state index in [0.717, 1.165) is 60.2 Å². The number of fused-ring (bicyclic) bond motifs is 9. The van der Waals surface area contributed by atoms with Crippen LogP contribution in [-0.4, -0.2) is 15.0 Å². The number of rotatable bonds is 3. The van der Waals surface area contributed by atoms with Crippen molar-refractivity contribution in [3.63, 3.8) is 0 Å². The van der Waals surface area contributed by atoms with Gasteiger partial charge in [-0.2, -0.15) is 0 Å². The van der Waals surface area contributed by atoms with E-state index in [-0.39, 0.29) is 7.43 Å². The van der Waals surface area contributed by atoms with Crippen LogP contribution in [0.2, 0.25) is 0 Å². The van der Waals surface area contributed by atoms with Crippen LogP contribution in [0.25, 0.3) is 99.2 Å². The van der Waals surface area contributed by atoms with Crippen LogP contribution in [0, 0.1) is 0 Å². The lowest BCUT2D eigenvalue weighted by Gasteiger charge is -2.14. The number of para-hydroxylation sites is 1. The average Bonchev–Trinajstić information content (AvgIpc) is 3.53. The summed E-state index contributed by atoms with van der Waals surface area (Å²) in [7, 11) is 0. The molecule has 2 heterocycles. The minimum atomic E-state index is 0. The molecule has 0 amide bonds. The van der Waals surface area contributed by atoms with Crippen molar-refractivity contribution in [3.8, 4) is 34.2 Å². The van der Waals surface area contributed by atoms with E-state index in [4.69, 9.17) is 19.4 Å². The molecule has 0 bridgehead atoms. The molecule has 0 spiro atoms. The second kappa shape index (κ2) is 10.9. The number of furan rings is 1. The summed E-state index contributed by atoms with van der Waals surface area (Å²) in [5, 5.41) is 11.3. The van der Waals surface area contributed by atoms with E-state index >= 15 is 0 Å². The lowest BCUT2D eigenvalue weighted by atomic mass is 9.96. The van der Waals surface area contributed by atoms with Gasteiger partial charge in [0.2, 0.25) is 0 Å². The Kier molecular flexibility index (Phi) is 6.31. The minimum absolute atomic E-state index is 0. The molecule has 0 radical (unpaired) electrons. The summed E-state index contributed by atoms with van der Waals surface area (Å²) in [6, 6.07) is 52.7. The zero-order valence-electron chi connectivity index (χ0n) is 25.2. The van der Waals surface area contributed by atoms with E-state index < -0.39 is 0 Å². The standard InChI is InChI=1S/C43H25N3O.CH4/c1-3-14-28-26(12-1)24-36(32-18-7-5-16-30(28)32)42-44-41(35-21-11-23-39-40(35)34-20-9-10-22-38(34)47-39)45-43(46-42)37-25-27-13-2-4-15-29(27)31-17-6-8-19-33(31)37;/h1-25H;1H4. The molecule has 0 aliphatic rings. The minimum Gasteiger partial charge on any atom is -0.456 e. The van der Waals surface area contributed by atoms with Crippen LogP contribution < -0.4 is 0 Å². The normalized spacial score (nSPS) is 11.6. The molecular weight excluding hydrogens is 587 g/mol.